The van der Waals surface area contributed by atoms with Gasteiger partial charge in [0, 0.05) is 5.41 Å². The van der Waals surface area contributed by atoms with E-state index in [4.69, 9.17) is 4.74 Å². The van der Waals surface area contributed by atoms with Crippen LogP contribution >= 0.6 is 0 Å². The van der Waals surface area contributed by atoms with E-state index in [0.717, 1.165) is 31.4 Å². The number of rotatable bonds is 5. The molecule has 0 heterocycles. The smallest absolute Gasteiger partial charge is 0.135 e. The predicted octanol–water partition coefficient (Wildman–Crippen LogP) is 3.00. The Hall–Kier alpha value is -1.31. The third-order valence-electron chi connectivity index (χ3n) is 3.65. The zero-order valence-corrected chi connectivity index (χ0v) is 9.95. The zero-order valence-electron chi connectivity index (χ0n) is 9.95. The topological polar surface area (TPSA) is 26.3 Å². The number of hydrogen-bond acceptors (Lipinski definition) is 2. The minimum atomic E-state index is 0.0277. The summed E-state index contributed by atoms with van der Waals surface area (Å²) in [7, 11) is 1.67. The van der Waals surface area contributed by atoms with Crippen LogP contribution in [0.4, 0.5) is 0 Å². The molecular weight excluding hydrogens is 200 g/mol. The van der Waals surface area contributed by atoms with Gasteiger partial charge in [0.05, 0.1) is 7.11 Å². The van der Waals surface area contributed by atoms with Crippen LogP contribution < -0.4 is 4.74 Å². The van der Waals surface area contributed by atoms with E-state index in [-0.39, 0.29) is 5.41 Å². The Balaban J connectivity index is 1.92. The highest BCUT2D eigenvalue weighted by atomic mass is 16.5. The third kappa shape index (κ3) is 2.26. The first-order valence-corrected chi connectivity index (χ1v) is 5.80. The van der Waals surface area contributed by atoms with Gasteiger partial charge in [-0.2, -0.15) is 0 Å². The Kier molecular flexibility index (Phi) is 2.99. The van der Waals surface area contributed by atoms with Crippen molar-refractivity contribution in [3.05, 3.63) is 29.8 Å². The molecule has 86 valence electrons. The highest BCUT2D eigenvalue weighted by Gasteiger charge is 2.46. The van der Waals surface area contributed by atoms with Crippen LogP contribution in [0.25, 0.3) is 0 Å². The lowest BCUT2D eigenvalue weighted by Gasteiger charge is -2.10. The Morgan fingerprint density at radius 1 is 1.31 bits per heavy atom. The molecule has 1 aliphatic carbocycles. The van der Waals surface area contributed by atoms with Crippen LogP contribution in [0.3, 0.4) is 0 Å². The van der Waals surface area contributed by atoms with Crippen molar-refractivity contribution in [1.29, 1.82) is 0 Å². The van der Waals surface area contributed by atoms with Gasteiger partial charge < -0.3 is 4.74 Å². The molecule has 0 amide bonds. The Labute approximate surface area is 96.6 Å². The van der Waals surface area contributed by atoms with Crippen molar-refractivity contribution in [2.75, 3.05) is 7.11 Å². The average molecular weight is 218 g/mol. The molecule has 0 spiro atoms. The maximum atomic E-state index is 11.4. The Morgan fingerprint density at radius 2 is 1.94 bits per heavy atom. The molecule has 2 nitrogen and oxygen atoms in total. The number of benzene rings is 1. The van der Waals surface area contributed by atoms with E-state index >= 15 is 0 Å². The second-order valence-electron chi connectivity index (χ2n) is 4.68. The van der Waals surface area contributed by atoms with Crippen LogP contribution in [0.5, 0.6) is 5.75 Å². The Morgan fingerprint density at radius 3 is 2.38 bits per heavy atom. The first-order chi connectivity index (χ1) is 7.66. The molecule has 2 rings (SSSR count). The zero-order chi connectivity index (χ0) is 11.6. The van der Waals surface area contributed by atoms with Crippen molar-refractivity contribution >= 4 is 5.78 Å². The van der Waals surface area contributed by atoms with Crippen LogP contribution in [-0.4, -0.2) is 12.9 Å². The fourth-order valence-electron chi connectivity index (χ4n) is 2.10. The third-order valence-corrected chi connectivity index (χ3v) is 3.65. The summed E-state index contributed by atoms with van der Waals surface area (Å²) in [5, 5.41) is 0. The SMILES string of the molecule is COc1ccc(CCC2(C(C)=O)CC2)cc1. The number of hydrogen-bond donors (Lipinski definition) is 0. The molecule has 1 aromatic carbocycles. The molecule has 16 heavy (non-hydrogen) atoms. The first kappa shape index (κ1) is 11.2. The summed E-state index contributed by atoms with van der Waals surface area (Å²) in [6.07, 6.45) is 4.15. The predicted molar refractivity (Wildman–Crippen MR) is 63.7 cm³/mol. The number of carbonyl (C=O) groups is 1. The molecule has 0 atom stereocenters. The van der Waals surface area contributed by atoms with Crippen LogP contribution in [0.2, 0.25) is 0 Å². The maximum absolute atomic E-state index is 11.4. The molecule has 0 aliphatic heterocycles. The molecule has 1 fully saturated rings. The van der Waals surface area contributed by atoms with Crippen LogP contribution in [-0.2, 0) is 11.2 Å². The Bertz CT molecular complexity index is 374. The summed E-state index contributed by atoms with van der Waals surface area (Å²) in [6, 6.07) is 8.11. The van der Waals surface area contributed by atoms with Crippen molar-refractivity contribution in [3.63, 3.8) is 0 Å². The molecule has 2 heteroatoms. The van der Waals surface area contributed by atoms with E-state index in [1.807, 2.05) is 12.1 Å². The second-order valence-corrected chi connectivity index (χ2v) is 4.68. The van der Waals surface area contributed by atoms with Gasteiger partial charge in [0.1, 0.15) is 11.5 Å². The van der Waals surface area contributed by atoms with E-state index in [0.29, 0.717) is 5.78 Å². The van der Waals surface area contributed by atoms with E-state index in [1.54, 1.807) is 14.0 Å². The van der Waals surface area contributed by atoms with E-state index in [2.05, 4.69) is 12.1 Å². The van der Waals surface area contributed by atoms with Gasteiger partial charge in [0.2, 0.25) is 0 Å². The van der Waals surface area contributed by atoms with Crippen molar-refractivity contribution < 1.29 is 9.53 Å². The highest BCUT2D eigenvalue weighted by molar-refractivity contribution is 5.84. The molecule has 0 bridgehead atoms. The molecule has 0 saturated heterocycles. The van der Waals surface area contributed by atoms with E-state index < -0.39 is 0 Å². The van der Waals surface area contributed by atoms with Crippen LogP contribution in [0.1, 0.15) is 31.7 Å². The summed E-state index contributed by atoms with van der Waals surface area (Å²) in [4.78, 5) is 11.4. The lowest BCUT2D eigenvalue weighted by atomic mass is 9.93. The van der Waals surface area contributed by atoms with Gasteiger partial charge in [-0.25, -0.2) is 0 Å². The largest absolute Gasteiger partial charge is 0.497 e. The fourth-order valence-corrected chi connectivity index (χ4v) is 2.10. The van der Waals surface area contributed by atoms with Crippen molar-refractivity contribution in [2.24, 2.45) is 5.41 Å². The molecule has 1 aromatic rings. The summed E-state index contributed by atoms with van der Waals surface area (Å²) in [6.45, 7) is 1.72. The van der Waals surface area contributed by atoms with Gasteiger partial charge in [-0.1, -0.05) is 12.1 Å². The number of ether oxygens (including phenoxy) is 1. The van der Waals surface area contributed by atoms with Crippen LogP contribution in [0, 0.1) is 5.41 Å². The van der Waals surface area contributed by atoms with Crippen molar-refractivity contribution in [1.82, 2.24) is 0 Å². The monoisotopic (exact) mass is 218 g/mol. The molecule has 0 N–H and O–H groups in total. The van der Waals surface area contributed by atoms with Gasteiger partial charge in [-0.3, -0.25) is 4.79 Å². The lowest BCUT2D eigenvalue weighted by molar-refractivity contribution is -0.122. The van der Waals surface area contributed by atoms with Crippen molar-refractivity contribution in [2.45, 2.75) is 32.6 Å². The standard InChI is InChI=1S/C14H18O2/c1-11(15)14(9-10-14)8-7-12-3-5-13(16-2)6-4-12/h3-6H,7-10H2,1-2H3. The van der Waals surface area contributed by atoms with Gasteiger partial charge in [-0.05, 0) is 50.3 Å². The maximum Gasteiger partial charge on any atom is 0.135 e. The van der Waals surface area contributed by atoms with E-state index in [9.17, 15) is 4.79 Å². The molecule has 0 aromatic heterocycles. The quantitative estimate of drug-likeness (QED) is 0.759. The van der Waals surface area contributed by atoms with Gasteiger partial charge in [0.25, 0.3) is 0 Å². The summed E-state index contributed by atoms with van der Waals surface area (Å²) in [5.74, 6) is 1.25. The average Bonchev–Trinajstić information content (AvgIpc) is 3.08. The summed E-state index contributed by atoms with van der Waals surface area (Å²) >= 11 is 0. The lowest BCUT2D eigenvalue weighted by Crippen LogP contribution is -2.12. The summed E-state index contributed by atoms with van der Waals surface area (Å²) in [5.41, 5.74) is 1.31. The number of aryl methyl sites for hydroxylation is 1. The number of carbonyl (C=O) groups excluding carboxylic acids is 1. The van der Waals surface area contributed by atoms with E-state index in [1.165, 1.54) is 5.56 Å². The number of Topliss-reactive ketones (excluding diaryl/α,β-unsaturated/α-hetero) is 1. The minimum Gasteiger partial charge on any atom is -0.497 e. The molecule has 0 unspecified atom stereocenters. The highest BCUT2D eigenvalue weighted by Crippen LogP contribution is 2.50. The molecule has 1 saturated carbocycles. The van der Waals surface area contributed by atoms with Gasteiger partial charge in [-0.15, -0.1) is 0 Å². The molecular formula is C14H18O2. The normalized spacial score (nSPS) is 16.9. The molecule has 1 aliphatic rings. The number of ketones is 1. The number of methoxy groups -OCH3 is 1. The van der Waals surface area contributed by atoms with Gasteiger partial charge in [0.15, 0.2) is 0 Å². The first-order valence-electron chi connectivity index (χ1n) is 5.80. The second kappa shape index (κ2) is 4.28. The minimum absolute atomic E-state index is 0.0277. The summed E-state index contributed by atoms with van der Waals surface area (Å²) < 4.78 is 5.11. The molecule has 0 radical (unpaired) electrons. The fraction of sp³-hybridized carbons (Fsp3) is 0.500. The van der Waals surface area contributed by atoms with Gasteiger partial charge >= 0.3 is 0 Å². The van der Waals surface area contributed by atoms with Crippen LogP contribution in [0.15, 0.2) is 24.3 Å². The van der Waals surface area contributed by atoms with Crippen molar-refractivity contribution in [3.8, 4) is 5.75 Å².